The zero-order valence-electron chi connectivity index (χ0n) is 12.2. The van der Waals surface area contributed by atoms with E-state index in [1.807, 2.05) is 25.1 Å². The van der Waals surface area contributed by atoms with E-state index in [4.69, 9.17) is 9.47 Å². The molecular weight excluding hydrogens is 290 g/mol. The van der Waals surface area contributed by atoms with E-state index in [1.54, 1.807) is 14.2 Å². The van der Waals surface area contributed by atoms with Crippen molar-refractivity contribution in [3.63, 3.8) is 0 Å². The predicted octanol–water partition coefficient (Wildman–Crippen LogP) is 2.05. The number of carbonyl (C=O) groups excluding carboxylic acids is 1. The lowest BCUT2D eigenvalue weighted by Gasteiger charge is -2.12. The highest BCUT2D eigenvalue weighted by atomic mass is 32.1. The fraction of sp³-hybridized carbons (Fsp3) is 0.357. The minimum atomic E-state index is -0.174. The van der Waals surface area contributed by atoms with Crippen LogP contribution < -0.4 is 14.8 Å². The van der Waals surface area contributed by atoms with Gasteiger partial charge in [-0.1, -0.05) is 23.5 Å². The van der Waals surface area contributed by atoms with Crippen LogP contribution in [0.3, 0.4) is 0 Å². The Labute approximate surface area is 127 Å². The van der Waals surface area contributed by atoms with Crippen LogP contribution >= 0.6 is 11.5 Å². The number of carbonyl (C=O) groups is 1. The van der Waals surface area contributed by atoms with Gasteiger partial charge in [0, 0.05) is 12.1 Å². The lowest BCUT2D eigenvalue weighted by molar-refractivity contribution is 0.0953. The number of ether oxygens (including phenoxy) is 2. The number of aromatic nitrogens is 2. The molecule has 7 heteroatoms. The molecule has 2 aromatic rings. The minimum Gasteiger partial charge on any atom is -0.493 e. The second-order valence-corrected chi connectivity index (χ2v) is 4.99. The number of methoxy groups -OCH3 is 2. The van der Waals surface area contributed by atoms with Crippen LogP contribution in [0.5, 0.6) is 11.5 Å². The number of nitrogens with zero attached hydrogens (tertiary/aromatic N) is 2. The molecule has 0 saturated carbocycles. The molecule has 1 heterocycles. The first-order chi connectivity index (χ1) is 10.2. The topological polar surface area (TPSA) is 73.3 Å². The van der Waals surface area contributed by atoms with E-state index in [-0.39, 0.29) is 5.91 Å². The van der Waals surface area contributed by atoms with Crippen molar-refractivity contribution in [2.75, 3.05) is 14.2 Å². The van der Waals surface area contributed by atoms with Gasteiger partial charge in [0.2, 0.25) is 0 Å². The Morgan fingerprint density at radius 3 is 2.81 bits per heavy atom. The highest BCUT2D eigenvalue weighted by Gasteiger charge is 2.16. The van der Waals surface area contributed by atoms with Gasteiger partial charge in [-0.25, -0.2) is 0 Å². The van der Waals surface area contributed by atoms with Crippen molar-refractivity contribution in [2.45, 2.75) is 19.9 Å². The van der Waals surface area contributed by atoms with Crippen molar-refractivity contribution in [1.82, 2.24) is 14.9 Å². The molecule has 0 saturated heterocycles. The van der Waals surface area contributed by atoms with E-state index in [9.17, 15) is 4.79 Å². The Morgan fingerprint density at radius 1 is 1.33 bits per heavy atom. The van der Waals surface area contributed by atoms with Gasteiger partial charge in [0.25, 0.3) is 5.91 Å². The van der Waals surface area contributed by atoms with E-state index in [0.717, 1.165) is 22.8 Å². The molecule has 21 heavy (non-hydrogen) atoms. The van der Waals surface area contributed by atoms with Gasteiger partial charge in [0.1, 0.15) is 4.88 Å². The molecule has 0 aliphatic heterocycles. The van der Waals surface area contributed by atoms with Crippen molar-refractivity contribution in [1.29, 1.82) is 0 Å². The lowest BCUT2D eigenvalue weighted by Crippen LogP contribution is -2.23. The van der Waals surface area contributed by atoms with Crippen molar-refractivity contribution in [2.24, 2.45) is 0 Å². The fourth-order valence-corrected chi connectivity index (χ4v) is 2.63. The normalized spacial score (nSPS) is 10.2. The van der Waals surface area contributed by atoms with Crippen molar-refractivity contribution in [3.05, 3.63) is 34.3 Å². The molecule has 0 spiro atoms. The quantitative estimate of drug-likeness (QED) is 0.884. The zero-order chi connectivity index (χ0) is 15.2. The van der Waals surface area contributed by atoms with E-state index in [2.05, 4.69) is 14.9 Å². The lowest BCUT2D eigenvalue weighted by atomic mass is 10.2. The van der Waals surface area contributed by atoms with E-state index < -0.39 is 0 Å². The van der Waals surface area contributed by atoms with Gasteiger partial charge < -0.3 is 14.8 Å². The second-order valence-electron chi connectivity index (χ2n) is 4.24. The van der Waals surface area contributed by atoms with E-state index in [1.165, 1.54) is 0 Å². The Balaban J connectivity index is 2.11. The smallest absolute Gasteiger partial charge is 0.265 e. The summed E-state index contributed by atoms with van der Waals surface area (Å²) >= 11 is 1.11. The van der Waals surface area contributed by atoms with Gasteiger partial charge in [0.05, 0.1) is 19.9 Å². The number of rotatable bonds is 6. The first-order valence-corrected chi connectivity index (χ1v) is 7.27. The SMILES string of the molecule is CCc1nnsc1C(=O)NCc1cccc(OC)c1OC. The maximum atomic E-state index is 12.2. The third kappa shape index (κ3) is 3.30. The summed E-state index contributed by atoms with van der Waals surface area (Å²) in [6.07, 6.45) is 0.682. The van der Waals surface area contributed by atoms with Gasteiger partial charge in [-0.05, 0) is 24.0 Å². The van der Waals surface area contributed by atoms with Crippen LogP contribution in [0.15, 0.2) is 18.2 Å². The van der Waals surface area contributed by atoms with Crippen LogP contribution in [0.25, 0.3) is 0 Å². The molecular formula is C14H17N3O3S. The summed E-state index contributed by atoms with van der Waals surface area (Å²) in [6, 6.07) is 5.55. The van der Waals surface area contributed by atoms with E-state index in [0.29, 0.717) is 29.3 Å². The Morgan fingerprint density at radius 2 is 2.14 bits per heavy atom. The number of benzene rings is 1. The highest BCUT2D eigenvalue weighted by Crippen LogP contribution is 2.30. The van der Waals surface area contributed by atoms with Crippen molar-refractivity contribution >= 4 is 17.4 Å². The first kappa shape index (κ1) is 15.2. The number of hydrogen-bond donors (Lipinski definition) is 1. The molecule has 1 amide bonds. The highest BCUT2D eigenvalue weighted by molar-refractivity contribution is 7.08. The Bertz CT molecular complexity index is 628. The fourth-order valence-electron chi connectivity index (χ4n) is 1.96. The molecule has 0 aliphatic carbocycles. The molecule has 0 atom stereocenters. The molecule has 0 radical (unpaired) electrons. The molecule has 1 N–H and O–H groups in total. The summed E-state index contributed by atoms with van der Waals surface area (Å²) in [4.78, 5) is 12.7. The van der Waals surface area contributed by atoms with Crippen molar-refractivity contribution < 1.29 is 14.3 Å². The third-order valence-corrected chi connectivity index (χ3v) is 3.79. The van der Waals surface area contributed by atoms with Gasteiger partial charge in [0.15, 0.2) is 11.5 Å². The standard InChI is InChI=1S/C14H17N3O3S/c1-4-10-13(21-17-16-10)14(18)15-8-9-6-5-7-11(19-2)12(9)20-3/h5-7H,4,8H2,1-3H3,(H,15,18). The number of amides is 1. The number of nitrogens with one attached hydrogen (secondary N) is 1. The summed E-state index contributed by atoms with van der Waals surface area (Å²) in [5, 5.41) is 6.79. The third-order valence-electron chi connectivity index (χ3n) is 3.02. The summed E-state index contributed by atoms with van der Waals surface area (Å²) in [6.45, 7) is 2.29. The average Bonchev–Trinajstić information content (AvgIpc) is 3.00. The first-order valence-electron chi connectivity index (χ1n) is 6.50. The molecule has 1 aromatic heterocycles. The van der Waals surface area contributed by atoms with Gasteiger partial charge >= 0.3 is 0 Å². The van der Waals surface area contributed by atoms with Crippen LogP contribution in [0, 0.1) is 0 Å². The predicted molar refractivity (Wildman–Crippen MR) is 80.0 cm³/mol. The maximum Gasteiger partial charge on any atom is 0.265 e. The van der Waals surface area contributed by atoms with Crippen LogP contribution in [-0.2, 0) is 13.0 Å². The van der Waals surface area contributed by atoms with Gasteiger partial charge in [-0.3, -0.25) is 4.79 Å². The monoisotopic (exact) mass is 307 g/mol. The molecule has 0 bridgehead atoms. The molecule has 112 valence electrons. The summed E-state index contributed by atoms with van der Waals surface area (Å²) in [7, 11) is 3.15. The van der Waals surface area contributed by atoms with Crippen LogP contribution in [0.1, 0.15) is 27.9 Å². The molecule has 6 nitrogen and oxygen atoms in total. The molecule has 2 rings (SSSR count). The Kier molecular flexibility index (Phi) is 5.10. The van der Waals surface area contributed by atoms with E-state index >= 15 is 0 Å². The van der Waals surface area contributed by atoms with Gasteiger partial charge in [-0.2, -0.15) is 0 Å². The second kappa shape index (κ2) is 7.03. The van der Waals surface area contributed by atoms with Crippen molar-refractivity contribution in [3.8, 4) is 11.5 Å². The number of para-hydroxylation sites is 1. The number of hydrogen-bond acceptors (Lipinski definition) is 6. The average molecular weight is 307 g/mol. The zero-order valence-corrected chi connectivity index (χ0v) is 13.0. The summed E-state index contributed by atoms with van der Waals surface area (Å²) in [5.74, 6) is 1.09. The molecule has 0 fully saturated rings. The summed E-state index contributed by atoms with van der Waals surface area (Å²) in [5.41, 5.74) is 1.57. The molecule has 1 aromatic carbocycles. The largest absolute Gasteiger partial charge is 0.493 e. The van der Waals surface area contributed by atoms with Crippen LogP contribution in [-0.4, -0.2) is 29.7 Å². The van der Waals surface area contributed by atoms with Crippen LogP contribution in [0.4, 0.5) is 0 Å². The number of aryl methyl sites for hydroxylation is 1. The maximum absolute atomic E-state index is 12.2. The van der Waals surface area contributed by atoms with Crippen LogP contribution in [0.2, 0.25) is 0 Å². The van der Waals surface area contributed by atoms with Gasteiger partial charge in [-0.15, -0.1) is 5.10 Å². The summed E-state index contributed by atoms with van der Waals surface area (Å²) < 4.78 is 14.4. The Hall–Kier alpha value is -2.15. The minimum absolute atomic E-state index is 0.174. The molecule has 0 unspecified atom stereocenters. The molecule has 0 aliphatic rings.